The minimum absolute atomic E-state index is 0.299. The van der Waals surface area contributed by atoms with Gasteiger partial charge in [-0.2, -0.15) is 11.8 Å². The highest BCUT2D eigenvalue weighted by Gasteiger charge is 2.10. The second-order valence-corrected chi connectivity index (χ2v) is 5.68. The van der Waals surface area contributed by atoms with Crippen LogP contribution >= 0.6 is 23.1 Å². The molecule has 0 aliphatic carbocycles. The quantitative estimate of drug-likeness (QED) is 0.748. The minimum Gasteiger partial charge on any atom is -0.465 e. The van der Waals surface area contributed by atoms with Gasteiger partial charge in [-0.05, 0) is 6.42 Å². The van der Waals surface area contributed by atoms with Gasteiger partial charge in [0.15, 0.2) is 0 Å². The Morgan fingerprint density at radius 2 is 2.47 bits per heavy atom. The molecule has 0 aliphatic heterocycles. The number of esters is 1. The number of hydrogen-bond donors (Lipinski definition) is 0. The standard InChI is InChI=1S/C10H15NO2S2/c1-4-7(2)14-6-9-11-5-8(15-9)10(12)13-3/h5,7H,4,6H2,1-3H3. The van der Waals surface area contributed by atoms with Gasteiger partial charge in [0.2, 0.25) is 0 Å². The second kappa shape index (κ2) is 6.12. The molecule has 1 aromatic heterocycles. The molecule has 0 fully saturated rings. The van der Waals surface area contributed by atoms with Crippen LogP contribution in [0.4, 0.5) is 0 Å². The van der Waals surface area contributed by atoms with Gasteiger partial charge in [0.25, 0.3) is 0 Å². The summed E-state index contributed by atoms with van der Waals surface area (Å²) < 4.78 is 4.62. The van der Waals surface area contributed by atoms with Gasteiger partial charge in [0.05, 0.1) is 13.3 Å². The van der Waals surface area contributed by atoms with Crippen LogP contribution in [-0.4, -0.2) is 23.3 Å². The molecule has 0 radical (unpaired) electrons. The molecular weight excluding hydrogens is 230 g/mol. The molecule has 15 heavy (non-hydrogen) atoms. The number of carbonyl (C=O) groups is 1. The van der Waals surface area contributed by atoms with Crippen molar-refractivity contribution in [2.24, 2.45) is 0 Å². The highest BCUT2D eigenvalue weighted by atomic mass is 32.2. The maximum absolute atomic E-state index is 11.2. The van der Waals surface area contributed by atoms with Crippen LogP contribution in [0.5, 0.6) is 0 Å². The summed E-state index contributed by atoms with van der Waals surface area (Å²) in [7, 11) is 1.38. The van der Waals surface area contributed by atoms with E-state index < -0.39 is 0 Å². The molecule has 1 atom stereocenters. The average molecular weight is 245 g/mol. The van der Waals surface area contributed by atoms with E-state index in [0.717, 1.165) is 17.2 Å². The van der Waals surface area contributed by atoms with Gasteiger partial charge < -0.3 is 4.74 Å². The number of aromatic nitrogens is 1. The molecule has 0 saturated carbocycles. The van der Waals surface area contributed by atoms with E-state index in [1.54, 1.807) is 6.20 Å². The largest absolute Gasteiger partial charge is 0.465 e. The van der Waals surface area contributed by atoms with Gasteiger partial charge in [-0.1, -0.05) is 13.8 Å². The Morgan fingerprint density at radius 1 is 1.73 bits per heavy atom. The smallest absolute Gasteiger partial charge is 0.349 e. The van der Waals surface area contributed by atoms with E-state index >= 15 is 0 Å². The minimum atomic E-state index is -0.299. The van der Waals surface area contributed by atoms with Gasteiger partial charge in [-0.15, -0.1) is 11.3 Å². The normalized spacial score (nSPS) is 12.5. The van der Waals surface area contributed by atoms with Crippen LogP contribution in [0.3, 0.4) is 0 Å². The first kappa shape index (κ1) is 12.5. The molecule has 1 heterocycles. The molecule has 0 aromatic carbocycles. The molecular formula is C10H15NO2S2. The molecule has 1 rings (SSSR count). The Hall–Kier alpha value is -0.550. The summed E-state index contributed by atoms with van der Waals surface area (Å²) in [6, 6.07) is 0. The van der Waals surface area contributed by atoms with Crippen molar-refractivity contribution < 1.29 is 9.53 Å². The van der Waals surface area contributed by atoms with Crippen LogP contribution < -0.4 is 0 Å². The molecule has 1 unspecified atom stereocenters. The second-order valence-electron chi connectivity index (χ2n) is 3.14. The van der Waals surface area contributed by atoms with E-state index in [4.69, 9.17) is 0 Å². The van der Waals surface area contributed by atoms with Gasteiger partial charge >= 0.3 is 5.97 Å². The van der Waals surface area contributed by atoms with Crippen LogP contribution in [0.25, 0.3) is 0 Å². The van der Waals surface area contributed by atoms with Crippen LogP contribution in [0.15, 0.2) is 6.20 Å². The lowest BCUT2D eigenvalue weighted by atomic mass is 10.4. The maximum Gasteiger partial charge on any atom is 0.349 e. The van der Waals surface area contributed by atoms with E-state index in [0.29, 0.717) is 10.1 Å². The monoisotopic (exact) mass is 245 g/mol. The fourth-order valence-corrected chi connectivity index (χ4v) is 2.71. The van der Waals surface area contributed by atoms with Crippen LogP contribution in [0.1, 0.15) is 34.9 Å². The Bertz CT molecular complexity index is 325. The first-order valence-electron chi connectivity index (χ1n) is 4.82. The van der Waals surface area contributed by atoms with Crippen LogP contribution in [0, 0.1) is 0 Å². The van der Waals surface area contributed by atoms with Crippen molar-refractivity contribution in [2.45, 2.75) is 31.3 Å². The molecule has 5 heteroatoms. The lowest BCUT2D eigenvalue weighted by Gasteiger charge is -2.04. The zero-order valence-electron chi connectivity index (χ0n) is 9.15. The Labute approximate surface area is 98.2 Å². The van der Waals surface area contributed by atoms with Gasteiger partial charge in [0.1, 0.15) is 9.88 Å². The Morgan fingerprint density at radius 3 is 3.07 bits per heavy atom. The summed E-state index contributed by atoms with van der Waals surface area (Å²) in [5.74, 6) is 0.573. The third-order valence-corrected chi connectivity index (χ3v) is 4.51. The predicted molar refractivity (Wildman–Crippen MR) is 64.5 cm³/mol. The third kappa shape index (κ3) is 3.83. The van der Waals surface area contributed by atoms with E-state index in [9.17, 15) is 4.79 Å². The number of ether oxygens (including phenoxy) is 1. The molecule has 0 bridgehead atoms. The number of carbonyl (C=O) groups excluding carboxylic acids is 1. The van der Waals surface area contributed by atoms with Gasteiger partial charge in [0, 0.05) is 11.0 Å². The number of rotatable bonds is 5. The van der Waals surface area contributed by atoms with E-state index in [2.05, 4.69) is 23.6 Å². The summed E-state index contributed by atoms with van der Waals surface area (Å²) in [6.45, 7) is 4.36. The molecule has 0 aliphatic rings. The number of nitrogens with zero attached hydrogens (tertiary/aromatic N) is 1. The van der Waals surface area contributed by atoms with Gasteiger partial charge in [-0.25, -0.2) is 9.78 Å². The van der Waals surface area contributed by atoms with Crippen molar-refractivity contribution in [1.29, 1.82) is 0 Å². The number of hydrogen-bond acceptors (Lipinski definition) is 5. The fraction of sp³-hybridized carbons (Fsp3) is 0.600. The molecule has 3 nitrogen and oxygen atoms in total. The van der Waals surface area contributed by atoms with Crippen molar-refractivity contribution in [3.63, 3.8) is 0 Å². The zero-order chi connectivity index (χ0) is 11.3. The predicted octanol–water partition coefficient (Wildman–Crippen LogP) is 2.96. The third-order valence-electron chi connectivity index (χ3n) is 2.01. The summed E-state index contributed by atoms with van der Waals surface area (Å²) in [5, 5.41) is 1.62. The van der Waals surface area contributed by atoms with Crippen LogP contribution in [0.2, 0.25) is 0 Å². The zero-order valence-corrected chi connectivity index (χ0v) is 10.8. The SMILES string of the molecule is CCC(C)SCc1ncc(C(=O)OC)s1. The topological polar surface area (TPSA) is 39.2 Å². The molecule has 0 spiro atoms. The Balaban J connectivity index is 2.49. The van der Waals surface area contributed by atoms with Crippen LogP contribution in [-0.2, 0) is 10.5 Å². The van der Waals surface area contributed by atoms with E-state index in [1.807, 2.05) is 11.8 Å². The number of methoxy groups -OCH3 is 1. The number of thioether (sulfide) groups is 1. The summed E-state index contributed by atoms with van der Waals surface area (Å²) in [5.41, 5.74) is 0. The van der Waals surface area contributed by atoms with Gasteiger partial charge in [-0.3, -0.25) is 0 Å². The molecule has 84 valence electrons. The van der Waals surface area contributed by atoms with Crippen molar-refractivity contribution in [3.8, 4) is 0 Å². The van der Waals surface area contributed by atoms with E-state index in [-0.39, 0.29) is 5.97 Å². The number of thiazole rings is 1. The fourth-order valence-electron chi connectivity index (χ4n) is 0.903. The highest BCUT2D eigenvalue weighted by molar-refractivity contribution is 7.99. The van der Waals surface area contributed by atoms with Crippen molar-refractivity contribution in [3.05, 3.63) is 16.1 Å². The molecule has 0 saturated heterocycles. The lowest BCUT2D eigenvalue weighted by molar-refractivity contribution is 0.0606. The maximum atomic E-state index is 11.2. The summed E-state index contributed by atoms with van der Waals surface area (Å²) >= 11 is 3.27. The van der Waals surface area contributed by atoms with E-state index in [1.165, 1.54) is 18.4 Å². The molecule has 0 N–H and O–H groups in total. The first-order chi connectivity index (χ1) is 7.17. The van der Waals surface area contributed by atoms with Crippen molar-refractivity contribution in [1.82, 2.24) is 4.98 Å². The molecule has 0 amide bonds. The lowest BCUT2D eigenvalue weighted by Crippen LogP contribution is -1.96. The average Bonchev–Trinajstić information content (AvgIpc) is 2.73. The Kier molecular flexibility index (Phi) is 5.11. The summed E-state index contributed by atoms with van der Waals surface area (Å²) in [4.78, 5) is 15.9. The summed E-state index contributed by atoms with van der Waals surface area (Å²) in [6.07, 6.45) is 2.74. The first-order valence-corrected chi connectivity index (χ1v) is 6.68. The highest BCUT2D eigenvalue weighted by Crippen LogP contribution is 2.23. The van der Waals surface area contributed by atoms with Crippen molar-refractivity contribution in [2.75, 3.05) is 7.11 Å². The van der Waals surface area contributed by atoms with Crippen molar-refractivity contribution >= 4 is 29.1 Å². The molecule has 1 aromatic rings.